The highest BCUT2D eigenvalue weighted by Gasteiger charge is 2.24. The number of aryl methyl sites for hydroxylation is 2. The maximum atomic E-state index is 13.9. The quantitative estimate of drug-likeness (QED) is 0.663. The molecule has 1 saturated heterocycles. The Morgan fingerprint density at radius 2 is 1.78 bits per heavy atom. The monoisotopic (exact) mass is 387 g/mol. The van der Waals surface area contributed by atoms with Gasteiger partial charge in [0, 0.05) is 37.8 Å². The number of halogens is 2. The molecule has 4 rings (SSSR count). The van der Waals surface area contributed by atoms with Crippen LogP contribution in [0, 0.1) is 25.5 Å². The molecule has 2 heterocycles. The van der Waals surface area contributed by atoms with Gasteiger partial charge in [-0.15, -0.1) is 0 Å². The summed E-state index contributed by atoms with van der Waals surface area (Å²) in [5, 5.41) is 0.660. The molecule has 4 nitrogen and oxygen atoms in total. The number of piperazine rings is 1. The van der Waals surface area contributed by atoms with E-state index in [1.54, 1.807) is 0 Å². The smallest absolute Gasteiger partial charge is 0.253 e. The van der Waals surface area contributed by atoms with Gasteiger partial charge >= 0.3 is 0 Å². The number of aromatic nitrogens is 1. The van der Waals surface area contributed by atoms with Crippen molar-refractivity contribution >= 4 is 32.6 Å². The number of hydrogen-bond acceptors (Lipinski definition) is 4. The number of benzene rings is 2. The average molecular weight is 387 g/mol. The summed E-state index contributed by atoms with van der Waals surface area (Å²) in [7, 11) is 0. The molecule has 0 spiro atoms. The van der Waals surface area contributed by atoms with Crippen molar-refractivity contribution in [3.8, 4) is 0 Å². The Morgan fingerprint density at radius 1 is 1.04 bits per heavy atom. The molecule has 2 aromatic carbocycles. The van der Waals surface area contributed by atoms with Crippen LogP contribution in [-0.4, -0.2) is 42.0 Å². The van der Waals surface area contributed by atoms with Crippen LogP contribution in [0.15, 0.2) is 30.3 Å². The highest BCUT2D eigenvalue weighted by atomic mass is 32.1. The minimum absolute atomic E-state index is 0.0233. The maximum absolute atomic E-state index is 13.9. The van der Waals surface area contributed by atoms with E-state index in [1.807, 2.05) is 41.8 Å². The fourth-order valence-corrected chi connectivity index (χ4v) is 4.30. The van der Waals surface area contributed by atoms with E-state index in [1.165, 1.54) is 17.4 Å². The van der Waals surface area contributed by atoms with Crippen molar-refractivity contribution < 1.29 is 13.6 Å². The second-order valence-electron chi connectivity index (χ2n) is 6.81. The largest absolute Gasteiger partial charge is 0.345 e. The second kappa shape index (κ2) is 6.88. The summed E-state index contributed by atoms with van der Waals surface area (Å²) in [6.45, 7) is 6.38. The van der Waals surface area contributed by atoms with Crippen LogP contribution in [0.4, 0.5) is 13.9 Å². The zero-order valence-electron chi connectivity index (χ0n) is 15.1. The SMILES string of the molecule is Cc1ccc(C(=O)N2CCN(c3nc4c(F)cc(F)cc4s3)CC2)cc1C. The van der Waals surface area contributed by atoms with Gasteiger partial charge in [0.2, 0.25) is 0 Å². The van der Waals surface area contributed by atoms with Crippen molar-refractivity contribution in [1.29, 1.82) is 0 Å². The van der Waals surface area contributed by atoms with E-state index >= 15 is 0 Å². The summed E-state index contributed by atoms with van der Waals surface area (Å²) in [5.41, 5.74) is 3.16. The number of carbonyl (C=O) groups excluding carboxylic acids is 1. The third kappa shape index (κ3) is 3.39. The van der Waals surface area contributed by atoms with Crippen molar-refractivity contribution in [2.24, 2.45) is 0 Å². The molecule has 1 aliphatic heterocycles. The first-order chi connectivity index (χ1) is 12.9. The Bertz CT molecular complexity index is 1030. The first-order valence-electron chi connectivity index (χ1n) is 8.79. The minimum atomic E-state index is -0.643. The van der Waals surface area contributed by atoms with Gasteiger partial charge in [0.25, 0.3) is 5.91 Å². The van der Waals surface area contributed by atoms with Crippen LogP contribution >= 0.6 is 11.3 Å². The van der Waals surface area contributed by atoms with Crippen molar-refractivity contribution in [2.45, 2.75) is 13.8 Å². The normalized spacial score (nSPS) is 14.8. The summed E-state index contributed by atoms with van der Waals surface area (Å²) in [6, 6.07) is 7.91. The Morgan fingerprint density at radius 3 is 2.48 bits per heavy atom. The molecular weight excluding hydrogens is 368 g/mol. The Labute approximate surface area is 160 Å². The van der Waals surface area contributed by atoms with Gasteiger partial charge < -0.3 is 9.80 Å². The molecule has 7 heteroatoms. The van der Waals surface area contributed by atoms with Crippen LogP contribution in [0.3, 0.4) is 0 Å². The van der Waals surface area contributed by atoms with E-state index in [0.29, 0.717) is 41.6 Å². The second-order valence-corrected chi connectivity index (χ2v) is 7.82. The number of nitrogens with zero attached hydrogens (tertiary/aromatic N) is 3. The van der Waals surface area contributed by atoms with Crippen LogP contribution in [0.25, 0.3) is 10.2 Å². The van der Waals surface area contributed by atoms with E-state index in [9.17, 15) is 13.6 Å². The van der Waals surface area contributed by atoms with E-state index in [2.05, 4.69) is 4.98 Å². The Hall–Kier alpha value is -2.54. The molecular formula is C20H19F2N3OS. The average Bonchev–Trinajstić information content (AvgIpc) is 3.08. The zero-order chi connectivity index (χ0) is 19.1. The fraction of sp³-hybridized carbons (Fsp3) is 0.300. The lowest BCUT2D eigenvalue weighted by Crippen LogP contribution is -2.48. The molecule has 1 fully saturated rings. The number of fused-ring (bicyclic) bond motifs is 1. The van der Waals surface area contributed by atoms with Gasteiger partial charge in [0.15, 0.2) is 10.9 Å². The highest BCUT2D eigenvalue weighted by Crippen LogP contribution is 2.31. The molecule has 27 heavy (non-hydrogen) atoms. The molecule has 3 aromatic rings. The Balaban J connectivity index is 1.48. The number of thiazole rings is 1. The maximum Gasteiger partial charge on any atom is 0.253 e. The first kappa shape index (κ1) is 17.9. The zero-order valence-corrected chi connectivity index (χ0v) is 15.9. The lowest BCUT2D eigenvalue weighted by Gasteiger charge is -2.34. The molecule has 140 valence electrons. The predicted octanol–water partition coefficient (Wildman–Crippen LogP) is 4.15. The van der Waals surface area contributed by atoms with Gasteiger partial charge in [-0.2, -0.15) is 0 Å². The highest BCUT2D eigenvalue weighted by molar-refractivity contribution is 7.22. The third-order valence-corrected chi connectivity index (χ3v) is 6.06. The fourth-order valence-electron chi connectivity index (χ4n) is 3.24. The summed E-state index contributed by atoms with van der Waals surface area (Å²) >= 11 is 1.27. The third-order valence-electron chi connectivity index (χ3n) is 4.99. The summed E-state index contributed by atoms with van der Waals surface area (Å²) in [6.07, 6.45) is 0. The van der Waals surface area contributed by atoms with Gasteiger partial charge in [-0.1, -0.05) is 17.4 Å². The lowest BCUT2D eigenvalue weighted by atomic mass is 10.1. The number of anilines is 1. The van der Waals surface area contributed by atoms with Gasteiger partial charge in [0.1, 0.15) is 11.3 Å². The topological polar surface area (TPSA) is 36.4 Å². The molecule has 0 N–H and O–H groups in total. The molecule has 0 atom stereocenters. The van der Waals surface area contributed by atoms with Gasteiger partial charge in [-0.05, 0) is 43.2 Å². The van der Waals surface area contributed by atoms with E-state index in [-0.39, 0.29) is 11.4 Å². The van der Waals surface area contributed by atoms with Crippen molar-refractivity contribution in [2.75, 3.05) is 31.1 Å². The molecule has 0 radical (unpaired) electrons. The standard InChI is InChI=1S/C20H19F2N3OS/c1-12-3-4-14(9-13(12)2)19(26)24-5-7-25(8-6-24)20-23-18-16(22)10-15(21)11-17(18)27-20/h3-4,9-11H,5-8H2,1-2H3. The molecule has 0 saturated carbocycles. The van der Waals surface area contributed by atoms with Crippen molar-refractivity contribution in [3.63, 3.8) is 0 Å². The van der Waals surface area contributed by atoms with Crippen LogP contribution in [-0.2, 0) is 0 Å². The summed E-state index contributed by atoms with van der Waals surface area (Å²) < 4.78 is 27.8. The summed E-state index contributed by atoms with van der Waals surface area (Å²) in [4.78, 5) is 20.9. The Kier molecular flexibility index (Phi) is 4.55. The van der Waals surface area contributed by atoms with E-state index < -0.39 is 11.6 Å². The molecule has 0 bridgehead atoms. The van der Waals surface area contributed by atoms with Crippen LogP contribution < -0.4 is 4.90 Å². The first-order valence-corrected chi connectivity index (χ1v) is 9.61. The van der Waals surface area contributed by atoms with E-state index in [0.717, 1.165) is 17.2 Å². The molecule has 1 amide bonds. The van der Waals surface area contributed by atoms with Crippen LogP contribution in [0.2, 0.25) is 0 Å². The predicted molar refractivity (Wildman–Crippen MR) is 104 cm³/mol. The van der Waals surface area contributed by atoms with Gasteiger partial charge in [0.05, 0.1) is 4.70 Å². The molecule has 1 aliphatic rings. The number of hydrogen-bond donors (Lipinski definition) is 0. The summed E-state index contributed by atoms with van der Waals surface area (Å²) in [5.74, 6) is -1.22. The molecule has 0 aliphatic carbocycles. The molecule has 1 aromatic heterocycles. The van der Waals surface area contributed by atoms with Crippen molar-refractivity contribution in [1.82, 2.24) is 9.88 Å². The van der Waals surface area contributed by atoms with E-state index in [4.69, 9.17) is 0 Å². The van der Waals surface area contributed by atoms with Gasteiger partial charge in [-0.3, -0.25) is 4.79 Å². The molecule has 0 unspecified atom stereocenters. The van der Waals surface area contributed by atoms with Crippen LogP contribution in [0.1, 0.15) is 21.5 Å². The minimum Gasteiger partial charge on any atom is -0.345 e. The number of carbonyl (C=O) groups is 1. The van der Waals surface area contributed by atoms with Gasteiger partial charge in [-0.25, -0.2) is 13.8 Å². The number of amides is 1. The number of rotatable bonds is 2. The van der Waals surface area contributed by atoms with Crippen molar-refractivity contribution in [3.05, 3.63) is 58.7 Å². The lowest BCUT2D eigenvalue weighted by molar-refractivity contribution is 0.0746. The van der Waals surface area contributed by atoms with Crippen LogP contribution in [0.5, 0.6) is 0 Å².